The highest BCUT2D eigenvalue weighted by Crippen LogP contribution is 2.07. The summed E-state index contributed by atoms with van der Waals surface area (Å²) in [6, 6.07) is 8.31. The molecule has 1 rings (SSSR count). The fraction of sp³-hybridized carbons (Fsp3) is 0.273. The number of hydrogen-bond acceptors (Lipinski definition) is 1. The Morgan fingerprint density at radius 1 is 1.42 bits per heavy atom. The fourth-order valence-corrected chi connectivity index (χ4v) is 1.11. The highest BCUT2D eigenvalue weighted by molar-refractivity contribution is 5.50. The third-order valence-corrected chi connectivity index (χ3v) is 1.77. The molecule has 0 heterocycles. The monoisotopic (exact) mass is 162 g/mol. The summed E-state index contributed by atoms with van der Waals surface area (Å²) in [6.45, 7) is 2.24. The highest BCUT2D eigenvalue weighted by Gasteiger charge is 1.88. The quantitative estimate of drug-likeness (QED) is 0.722. The summed E-state index contributed by atoms with van der Waals surface area (Å²) < 4.78 is 0. The van der Waals surface area contributed by atoms with Crippen molar-refractivity contribution < 1.29 is 5.11 Å². The van der Waals surface area contributed by atoms with Crippen LogP contribution in [0.2, 0.25) is 0 Å². The summed E-state index contributed by atoms with van der Waals surface area (Å²) in [5, 5.41) is 8.57. The lowest BCUT2D eigenvalue weighted by Crippen LogP contribution is -1.80. The SMILES string of the molecule is CCc1cccc(/C=C/CO)c1. The van der Waals surface area contributed by atoms with E-state index in [4.69, 9.17) is 5.11 Å². The van der Waals surface area contributed by atoms with Gasteiger partial charge in [0.1, 0.15) is 0 Å². The molecule has 1 aromatic rings. The van der Waals surface area contributed by atoms with Crippen molar-refractivity contribution in [1.82, 2.24) is 0 Å². The first-order chi connectivity index (χ1) is 5.86. The second-order valence-corrected chi connectivity index (χ2v) is 2.68. The van der Waals surface area contributed by atoms with Gasteiger partial charge in [0, 0.05) is 0 Å². The molecule has 1 nitrogen and oxygen atoms in total. The maximum absolute atomic E-state index is 8.57. The average molecular weight is 162 g/mol. The maximum atomic E-state index is 8.57. The zero-order valence-electron chi connectivity index (χ0n) is 7.33. The summed E-state index contributed by atoms with van der Waals surface area (Å²) in [5.74, 6) is 0. The molecule has 0 aliphatic rings. The molecule has 0 saturated heterocycles. The Morgan fingerprint density at radius 2 is 2.25 bits per heavy atom. The Hall–Kier alpha value is -1.08. The molecule has 1 aromatic carbocycles. The van der Waals surface area contributed by atoms with E-state index in [-0.39, 0.29) is 6.61 Å². The van der Waals surface area contributed by atoms with Crippen LogP contribution in [0.1, 0.15) is 18.1 Å². The molecule has 0 spiro atoms. The summed E-state index contributed by atoms with van der Waals surface area (Å²) in [6.07, 6.45) is 4.73. The lowest BCUT2D eigenvalue weighted by atomic mass is 10.1. The van der Waals surface area contributed by atoms with Gasteiger partial charge in [-0.3, -0.25) is 0 Å². The van der Waals surface area contributed by atoms with E-state index < -0.39 is 0 Å². The Morgan fingerprint density at radius 3 is 2.92 bits per heavy atom. The van der Waals surface area contributed by atoms with Crippen molar-refractivity contribution in [3.63, 3.8) is 0 Å². The molecule has 0 radical (unpaired) electrons. The average Bonchev–Trinajstić information content (AvgIpc) is 2.15. The molecule has 0 unspecified atom stereocenters. The maximum Gasteiger partial charge on any atom is 0.0615 e. The van der Waals surface area contributed by atoms with Crippen LogP contribution in [0.5, 0.6) is 0 Å². The normalized spacial score (nSPS) is 10.8. The third kappa shape index (κ3) is 2.51. The first-order valence-corrected chi connectivity index (χ1v) is 4.23. The van der Waals surface area contributed by atoms with E-state index in [2.05, 4.69) is 19.1 Å². The molecule has 0 amide bonds. The zero-order valence-corrected chi connectivity index (χ0v) is 7.33. The molecule has 0 fully saturated rings. The number of aryl methyl sites for hydroxylation is 1. The lowest BCUT2D eigenvalue weighted by Gasteiger charge is -1.97. The molecular weight excluding hydrogens is 148 g/mol. The van der Waals surface area contributed by atoms with Crippen molar-refractivity contribution in [2.75, 3.05) is 6.61 Å². The Kier molecular flexibility index (Phi) is 3.55. The minimum atomic E-state index is 0.107. The van der Waals surface area contributed by atoms with Gasteiger partial charge in [-0.1, -0.05) is 43.3 Å². The predicted octanol–water partition coefficient (Wildman–Crippen LogP) is 2.25. The van der Waals surface area contributed by atoms with Gasteiger partial charge < -0.3 is 5.11 Å². The van der Waals surface area contributed by atoms with Gasteiger partial charge in [0.15, 0.2) is 0 Å². The lowest BCUT2D eigenvalue weighted by molar-refractivity contribution is 0.343. The smallest absolute Gasteiger partial charge is 0.0615 e. The third-order valence-electron chi connectivity index (χ3n) is 1.77. The van der Waals surface area contributed by atoms with Crippen molar-refractivity contribution in [3.8, 4) is 0 Å². The molecule has 0 aromatic heterocycles. The molecule has 1 heteroatoms. The van der Waals surface area contributed by atoms with Crippen molar-refractivity contribution >= 4 is 6.08 Å². The largest absolute Gasteiger partial charge is 0.392 e. The minimum Gasteiger partial charge on any atom is -0.392 e. The van der Waals surface area contributed by atoms with E-state index in [0.717, 1.165) is 12.0 Å². The number of rotatable bonds is 3. The van der Waals surface area contributed by atoms with Crippen LogP contribution in [-0.4, -0.2) is 11.7 Å². The minimum absolute atomic E-state index is 0.107. The van der Waals surface area contributed by atoms with Crippen molar-refractivity contribution in [2.24, 2.45) is 0 Å². The van der Waals surface area contributed by atoms with E-state index in [0.29, 0.717) is 0 Å². The number of aliphatic hydroxyl groups excluding tert-OH is 1. The van der Waals surface area contributed by atoms with Crippen LogP contribution in [0, 0.1) is 0 Å². The van der Waals surface area contributed by atoms with Gasteiger partial charge in [-0.2, -0.15) is 0 Å². The molecule has 0 atom stereocenters. The number of aliphatic hydroxyl groups is 1. The molecule has 0 bridgehead atoms. The van der Waals surface area contributed by atoms with Gasteiger partial charge in [0.05, 0.1) is 6.61 Å². The van der Waals surface area contributed by atoms with Crippen LogP contribution in [0.15, 0.2) is 30.3 Å². The van der Waals surface area contributed by atoms with Crippen molar-refractivity contribution in [2.45, 2.75) is 13.3 Å². The topological polar surface area (TPSA) is 20.2 Å². The van der Waals surface area contributed by atoms with Gasteiger partial charge in [0.25, 0.3) is 0 Å². The Bertz CT molecular complexity index is 263. The first kappa shape index (κ1) is 9.01. The standard InChI is InChI=1S/C11H14O/c1-2-10-5-3-6-11(9-10)7-4-8-12/h3-7,9,12H,2,8H2,1H3/b7-4+. The van der Waals surface area contributed by atoms with E-state index in [1.165, 1.54) is 5.56 Å². The molecule has 1 N–H and O–H groups in total. The Labute approximate surface area is 73.4 Å². The van der Waals surface area contributed by atoms with Gasteiger partial charge in [-0.05, 0) is 17.5 Å². The summed E-state index contributed by atoms with van der Waals surface area (Å²) in [7, 11) is 0. The van der Waals surface area contributed by atoms with Crippen LogP contribution in [0.3, 0.4) is 0 Å². The second kappa shape index (κ2) is 4.73. The summed E-state index contributed by atoms with van der Waals surface area (Å²) in [4.78, 5) is 0. The Balaban J connectivity index is 2.79. The number of benzene rings is 1. The predicted molar refractivity (Wildman–Crippen MR) is 51.9 cm³/mol. The fourth-order valence-electron chi connectivity index (χ4n) is 1.11. The zero-order chi connectivity index (χ0) is 8.81. The van der Waals surface area contributed by atoms with Crippen LogP contribution in [0.25, 0.3) is 6.08 Å². The van der Waals surface area contributed by atoms with Crippen LogP contribution in [-0.2, 0) is 6.42 Å². The van der Waals surface area contributed by atoms with E-state index in [1.54, 1.807) is 6.08 Å². The van der Waals surface area contributed by atoms with Gasteiger partial charge in [-0.25, -0.2) is 0 Å². The molecule has 0 saturated carbocycles. The van der Waals surface area contributed by atoms with E-state index >= 15 is 0 Å². The van der Waals surface area contributed by atoms with Crippen molar-refractivity contribution in [1.29, 1.82) is 0 Å². The van der Waals surface area contributed by atoms with Crippen LogP contribution >= 0.6 is 0 Å². The summed E-state index contributed by atoms with van der Waals surface area (Å²) in [5.41, 5.74) is 2.48. The van der Waals surface area contributed by atoms with Crippen LogP contribution < -0.4 is 0 Å². The highest BCUT2D eigenvalue weighted by atomic mass is 16.2. The van der Waals surface area contributed by atoms with Gasteiger partial charge in [0.2, 0.25) is 0 Å². The van der Waals surface area contributed by atoms with Crippen molar-refractivity contribution in [3.05, 3.63) is 41.5 Å². The number of hydrogen-bond donors (Lipinski definition) is 1. The molecular formula is C11H14O. The summed E-state index contributed by atoms with van der Waals surface area (Å²) >= 11 is 0. The van der Waals surface area contributed by atoms with Crippen LogP contribution in [0.4, 0.5) is 0 Å². The molecule has 64 valence electrons. The van der Waals surface area contributed by atoms with E-state index in [1.807, 2.05) is 18.2 Å². The molecule has 12 heavy (non-hydrogen) atoms. The van der Waals surface area contributed by atoms with Gasteiger partial charge >= 0.3 is 0 Å². The van der Waals surface area contributed by atoms with E-state index in [9.17, 15) is 0 Å². The molecule has 0 aliphatic carbocycles. The second-order valence-electron chi connectivity index (χ2n) is 2.68. The van der Waals surface area contributed by atoms with Gasteiger partial charge in [-0.15, -0.1) is 0 Å². The first-order valence-electron chi connectivity index (χ1n) is 4.23. The molecule has 0 aliphatic heterocycles.